The van der Waals surface area contributed by atoms with E-state index in [0.717, 1.165) is 36.5 Å². The minimum absolute atomic E-state index is 0.663. The summed E-state index contributed by atoms with van der Waals surface area (Å²) in [6, 6.07) is 0. The highest BCUT2D eigenvalue weighted by Crippen LogP contribution is 2.22. The van der Waals surface area contributed by atoms with Crippen molar-refractivity contribution < 1.29 is 4.74 Å². The standard InChI is InChI=1S/C13H21N3O/c1-5-7-8-9-17-13-10(3)12(14-4)15-11(6-2)16-13/h5H,1,6-9H2,2-4H3,(H,14,15,16). The van der Waals surface area contributed by atoms with Crippen molar-refractivity contribution in [3.05, 3.63) is 24.0 Å². The number of hydrogen-bond acceptors (Lipinski definition) is 4. The van der Waals surface area contributed by atoms with Crippen molar-refractivity contribution in [2.75, 3.05) is 19.0 Å². The molecular formula is C13H21N3O. The van der Waals surface area contributed by atoms with Crippen LogP contribution >= 0.6 is 0 Å². The molecule has 94 valence electrons. The number of nitrogens with one attached hydrogen (secondary N) is 1. The fraction of sp³-hybridized carbons (Fsp3) is 0.538. The van der Waals surface area contributed by atoms with Crippen LogP contribution in [0.3, 0.4) is 0 Å². The highest BCUT2D eigenvalue weighted by Gasteiger charge is 2.09. The van der Waals surface area contributed by atoms with E-state index in [9.17, 15) is 0 Å². The number of hydrogen-bond donors (Lipinski definition) is 1. The lowest BCUT2D eigenvalue weighted by Gasteiger charge is -2.12. The van der Waals surface area contributed by atoms with Crippen LogP contribution < -0.4 is 10.1 Å². The van der Waals surface area contributed by atoms with Crippen LogP contribution in [0.4, 0.5) is 5.82 Å². The molecular weight excluding hydrogens is 214 g/mol. The van der Waals surface area contributed by atoms with Crippen molar-refractivity contribution in [1.29, 1.82) is 0 Å². The molecule has 1 aromatic rings. The van der Waals surface area contributed by atoms with Crippen LogP contribution in [0.25, 0.3) is 0 Å². The number of aryl methyl sites for hydroxylation is 1. The molecule has 0 aliphatic heterocycles. The van der Waals surface area contributed by atoms with Gasteiger partial charge in [-0.1, -0.05) is 13.0 Å². The van der Waals surface area contributed by atoms with Crippen LogP contribution in [0.15, 0.2) is 12.7 Å². The number of unbranched alkanes of at least 4 members (excludes halogenated alkanes) is 1. The first-order valence-electron chi connectivity index (χ1n) is 6.01. The van der Waals surface area contributed by atoms with Gasteiger partial charge in [0.05, 0.1) is 12.2 Å². The molecule has 0 aliphatic rings. The Bertz CT molecular complexity index is 377. The summed E-state index contributed by atoms with van der Waals surface area (Å²) in [4.78, 5) is 8.79. The van der Waals surface area contributed by atoms with Crippen LogP contribution in [-0.2, 0) is 6.42 Å². The Balaban J connectivity index is 2.78. The van der Waals surface area contributed by atoms with E-state index in [-0.39, 0.29) is 0 Å². The fourth-order valence-electron chi connectivity index (χ4n) is 1.48. The Morgan fingerprint density at radius 2 is 2.18 bits per heavy atom. The Morgan fingerprint density at radius 3 is 2.76 bits per heavy atom. The van der Waals surface area contributed by atoms with E-state index in [0.29, 0.717) is 12.5 Å². The molecule has 0 saturated carbocycles. The molecule has 0 bridgehead atoms. The number of anilines is 1. The molecule has 1 rings (SSSR count). The number of nitrogens with zero attached hydrogens (tertiary/aromatic N) is 2. The average molecular weight is 235 g/mol. The van der Waals surface area contributed by atoms with Gasteiger partial charge in [0.2, 0.25) is 5.88 Å². The number of ether oxygens (including phenoxy) is 1. The summed E-state index contributed by atoms with van der Waals surface area (Å²) >= 11 is 0. The minimum Gasteiger partial charge on any atom is -0.477 e. The molecule has 17 heavy (non-hydrogen) atoms. The summed E-state index contributed by atoms with van der Waals surface area (Å²) in [5.41, 5.74) is 0.961. The average Bonchev–Trinajstić information content (AvgIpc) is 2.36. The maximum atomic E-state index is 5.68. The van der Waals surface area contributed by atoms with Gasteiger partial charge in [0.15, 0.2) is 0 Å². The Kier molecular flexibility index (Phi) is 5.46. The molecule has 1 aromatic heterocycles. The predicted octanol–water partition coefficient (Wildman–Crippen LogP) is 2.73. The highest BCUT2D eigenvalue weighted by molar-refractivity contribution is 5.48. The van der Waals surface area contributed by atoms with Crippen LogP contribution in [-0.4, -0.2) is 23.6 Å². The molecule has 4 nitrogen and oxygen atoms in total. The van der Waals surface area contributed by atoms with Gasteiger partial charge in [0, 0.05) is 13.5 Å². The van der Waals surface area contributed by atoms with Crippen LogP contribution in [0.5, 0.6) is 5.88 Å². The number of allylic oxidation sites excluding steroid dienone is 1. The van der Waals surface area contributed by atoms with Crippen molar-refractivity contribution in [2.45, 2.75) is 33.1 Å². The lowest BCUT2D eigenvalue weighted by molar-refractivity contribution is 0.296. The first kappa shape index (κ1) is 13.5. The molecule has 0 aliphatic carbocycles. The molecule has 0 aromatic carbocycles. The summed E-state index contributed by atoms with van der Waals surface area (Å²) in [5.74, 6) is 2.33. The third kappa shape index (κ3) is 3.73. The molecule has 0 unspecified atom stereocenters. The first-order chi connectivity index (χ1) is 8.22. The summed E-state index contributed by atoms with van der Waals surface area (Å²) < 4.78 is 5.68. The molecule has 0 fully saturated rings. The van der Waals surface area contributed by atoms with Crippen LogP contribution in [0.1, 0.15) is 31.2 Å². The number of rotatable bonds is 7. The van der Waals surface area contributed by atoms with E-state index in [4.69, 9.17) is 4.74 Å². The molecule has 0 amide bonds. The van der Waals surface area contributed by atoms with Gasteiger partial charge in [-0.25, -0.2) is 4.98 Å². The summed E-state index contributed by atoms with van der Waals surface area (Å²) in [5, 5.41) is 3.06. The lowest BCUT2D eigenvalue weighted by atomic mass is 10.3. The van der Waals surface area contributed by atoms with Crippen molar-refractivity contribution in [3.8, 4) is 5.88 Å². The van der Waals surface area contributed by atoms with E-state index in [1.54, 1.807) is 0 Å². The zero-order valence-electron chi connectivity index (χ0n) is 10.9. The quantitative estimate of drug-likeness (QED) is 0.583. The molecule has 1 heterocycles. The second kappa shape index (κ2) is 6.89. The highest BCUT2D eigenvalue weighted by atomic mass is 16.5. The zero-order valence-corrected chi connectivity index (χ0v) is 10.9. The largest absolute Gasteiger partial charge is 0.477 e. The zero-order chi connectivity index (χ0) is 12.7. The van der Waals surface area contributed by atoms with Gasteiger partial charge >= 0.3 is 0 Å². The van der Waals surface area contributed by atoms with Crippen molar-refractivity contribution in [1.82, 2.24) is 9.97 Å². The van der Waals surface area contributed by atoms with Gasteiger partial charge in [-0.15, -0.1) is 6.58 Å². The van der Waals surface area contributed by atoms with Gasteiger partial charge in [0.1, 0.15) is 11.6 Å². The SMILES string of the molecule is C=CCCCOc1nc(CC)nc(NC)c1C. The van der Waals surface area contributed by atoms with Crippen molar-refractivity contribution in [2.24, 2.45) is 0 Å². The van der Waals surface area contributed by atoms with Crippen LogP contribution in [0.2, 0.25) is 0 Å². The van der Waals surface area contributed by atoms with Gasteiger partial charge in [-0.2, -0.15) is 4.98 Å². The van der Waals surface area contributed by atoms with Gasteiger partial charge < -0.3 is 10.1 Å². The van der Waals surface area contributed by atoms with Crippen molar-refractivity contribution in [3.63, 3.8) is 0 Å². The summed E-state index contributed by atoms with van der Waals surface area (Å²) in [6.07, 6.45) is 4.62. The van der Waals surface area contributed by atoms with Gasteiger partial charge in [-0.05, 0) is 19.8 Å². The first-order valence-corrected chi connectivity index (χ1v) is 6.01. The smallest absolute Gasteiger partial charge is 0.221 e. The van der Waals surface area contributed by atoms with E-state index in [1.807, 2.05) is 27.0 Å². The van der Waals surface area contributed by atoms with Gasteiger partial charge in [-0.3, -0.25) is 0 Å². The summed E-state index contributed by atoms with van der Waals surface area (Å²) in [6.45, 7) is 8.35. The Hall–Kier alpha value is -1.58. The normalized spacial score (nSPS) is 10.1. The van der Waals surface area contributed by atoms with Crippen LogP contribution in [0, 0.1) is 6.92 Å². The molecule has 0 radical (unpaired) electrons. The molecule has 0 saturated heterocycles. The topological polar surface area (TPSA) is 47.0 Å². The second-order valence-electron chi connectivity index (χ2n) is 3.80. The Morgan fingerprint density at radius 1 is 1.41 bits per heavy atom. The van der Waals surface area contributed by atoms with E-state index >= 15 is 0 Å². The molecule has 1 N–H and O–H groups in total. The third-order valence-electron chi connectivity index (χ3n) is 2.49. The van der Waals surface area contributed by atoms with E-state index < -0.39 is 0 Å². The predicted molar refractivity (Wildman–Crippen MR) is 70.6 cm³/mol. The maximum Gasteiger partial charge on any atom is 0.221 e. The fourth-order valence-corrected chi connectivity index (χ4v) is 1.48. The monoisotopic (exact) mass is 235 g/mol. The van der Waals surface area contributed by atoms with E-state index in [2.05, 4.69) is 21.9 Å². The van der Waals surface area contributed by atoms with E-state index in [1.165, 1.54) is 0 Å². The Labute approximate surface area is 103 Å². The molecule has 4 heteroatoms. The lowest BCUT2D eigenvalue weighted by Crippen LogP contribution is -2.07. The van der Waals surface area contributed by atoms with Gasteiger partial charge in [0.25, 0.3) is 0 Å². The minimum atomic E-state index is 0.663. The third-order valence-corrected chi connectivity index (χ3v) is 2.49. The number of aromatic nitrogens is 2. The molecule has 0 atom stereocenters. The second-order valence-corrected chi connectivity index (χ2v) is 3.80. The van der Waals surface area contributed by atoms with Crippen molar-refractivity contribution >= 4 is 5.82 Å². The summed E-state index contributed by atoms with van der Waals surface area (Å²) in [7, 11) is 1.86. The molecule has 0 spiro atoms. The maximum absolute atomic E-state index is 5.68.